The number of hydrogen-bond donors (Lipinski definition) is 3. The van der Waals surface area contributed by atoms with Gasteiger partial charge in [-0.05, 0) is 73.7 Å². The maximum absolute atomic E-state index is 12.5. The highest BCUT2D eigenvalue weighted by Crippen LogP contribution is 2.27. The van der Waals surface area contributed by atoms with Crippen LogP contribution in [0.5, 0.6) is 5.75 Å². The van der Waals surface area contributed by atoms with Gasteiger partial charge in [0.15, 0.2) is 5.11 Å². The van der Waals surface area contributed by atoms with Crippen LogP contribution in [0.15, 0.2) is 82.2 Å². The van der Waals surface area contributed by atoms with E-state index in [9.17, 15) is 4.79 Å². The van der Waals surface area contributed by atoms with Crippen LogP contribution in [-0.2, 0) is 4.79 Å². The van der Waals surface area contributed by atoms with Gasteiger partial charge in [0.1, 0.15) is 5.75 Å². The average molecular weight is 516 g/mol. The molecule has 8 heteroatoms. The van der Waals surface area contributed by atoms with Crippen LogP contribution in [-0.4, -0.2) is 23.4 Å². The number of nitrogens with one attached hydrogen (secondary N) is 3. The second-order valence-electron chi connectivity index (χ2n) is 6.56. The number of methoxy groups -OCH3 is 1. The van der Waals surface area contributed by atoms with E-state index in [4.69, 9.17) is 17.0 Å². The Kier molecular flexibility index (Phi) is 8.34. The molecule has 1 atom stereocenters. The van der Waals surface area contributed by atoms with Crippen molar-refractivity contribution in [3.8, 4) is 5.75 Å². The number of para-hydroxylation sites is 2. The van der Waals surface area contributed by atoms with Crippen molar-refractivity contribution in [3.05, 3.63) is 77.3 Å². The van der Waals surface area contributed by atoms with Gasteiger partial charge in [-0.3, -0.25) is 4.79 Å². The first-order chi connectivity index (χ1) is 14.9. The lowest BCUT2D eigenvalue weighted by atomic mass is 10.3. The number of amides is 1. The zero-order chi connectivity index (χ0) is 22.2. The van der Waals surface area contributed by atoms with Gasteiger partial charge in [-0.1, -0.05) is 34.1 Å². The Labute approximate surface area is 200 Å². The fourth-order valence-electron chi connectivity index (χ4n) is 2.71. The molecule has 3 N–H and O–H groups in total. The molecular weight excluding hydrogens is 494 g/mol. The summed E-state index contributed by atoms with van der Waals surface area (Å²) in [5, 5.41) is 9.44. The molecule has 0 saturated heterocycles. The molecule has 1 unspecified atom stereocenters. The molecule has 3 rings (SSSR count). The van der Waals surface area contributed by atoms with Gasteiger partial charge in [-0.15, -0.1) is 11.8 Å². The van der Waals surface area contributed by atoms with Gasteiger partial charge in [-0.2, -0.15) is 0 Å². The van der Waals surface area contributed by atoms with Crippen LogP contribution in [0.25, 0.3) is 0 Å². The van der Waals surface area contributed by atoms with Gasteiger partial charge in [0.25, 0.3) is 0 Å². The van der Waals surface area contributed by atoms with E-state index in [1.807, 2.05) is 79.7 Å². The van der Waals surface area contributed by atoms with Crippen molar-refractivity contribution >= 4 is 68.0 Å². The summed E-state index contributed by atoms with van der Waals surface area (Å²) in [6.07, 6.45) is 0. The lowest BCUT2D eigenvalue weighted by molar-refractivity contribution is -0.115. The zero-order valence-electron chi connectivity index (χ0n) is 17.0. The van der Waals surface area contributed by atoms with Crippen molar-refractivity contribution in [1.29, 1.82) is 0 Å². The van der Waals surface area contributed by atoms with E-state index in [2.05, 4.69) is 31.9 Å². The summed E-state index contributed by atoms with van der Waals surface area (Å²) < 4.78 is 6.30. The standard InChI is InChI=1S/C23H22BrN3O2S2/c1-15(22(28)25-17-12-10-16(24)11-13-17)31-19-7-5-6-18(14-19)26-23(30)27-20-8-3-4-9-21(20)29-2/h3-15H,1-2H3,(H,25,28)(H2,26,27,30). The van der Waals surface area contributed by atoms with Crippen LogP contribution in [0.2, 0.25) is 0 Å². The summed E-state index contributed by atoms with van der Waals surface area (Å²) in [6.45, 7) is 1.88. The minimum atomic E-state index is -0.266. The third-order valence-electron chi connectivity index (χ3n) is 4.24. The van der Waals surface area contributed by atoms with Crippen LogP contribution in [0, 0.1) is 0 Å². The molecule has 160 valence electrons. The second-order valence-corrected chi connectivity index (χ2v) is 9.30. The van der Waals surface area contributed by atoms with Crippen molar-refractivity contribution in [2.45, 2.75) is 17.1 Å². The number of anilines is 3. The van der Waals surface area contributed by atoms with Crippen molar-refractivity contribution in [2.24, 2.45) is 0 Å². The summed E-state index contributed by atoms with van der Waals surface area (Å²) in [5.74, 6) is 0.653. The Balaban J connectivity index is 1.58. The molecule has 0 fully saturated rings. The number of carbonyl (C=O) groups is 1. The molecule has 3 aromatic rings. The van der Waals surface area contributed by atoms with Crippen molar-refractivity contribution in [2.75, 3.05) is 23.1 Å². The Morgan fingerprint density at radius 1 is 0.968 bits per heavy atom. The van der Waals surface area contributed by atoms with E-state index in [1.165, 1.54) is 11.8 Å². The SMILES string of the molecule is COc1ccccc1NC(=S)Nc1cccc(SC(C)C(=O)Nc2ccc(Br)cc2)c1. The summed E-state index contributed by atoms with van der Waals surface area (Å²) in [4.78, 5) is 13.5. The van der Waals surface area contributed by atoms with E-state index < -0.39 is 0 Å². The van der Waals surface area contributed by atoms with E-state index in [-0.39, 0.29) is 11.2 Å². The summed E-state index contributed by atoms with van der Waals surface area (Å²) in [7, 11) is 1.62. The largest absolute Gasteiger partial charge is 0.495 e. The topological polar surface area (TPSA) is 62.4 Å². The molecule has 5 nitrogen and oxygen atoms in total. The molecule has 0 radical (unpaired) electrons. The molecule has 0 spiro atoms. The minimum absolute atomic E-state index is 0.0564. The van der Waals surface area contributed by atoms with Crippen molar-refractivity contribution in [3.63, 3.8) is 0 Å². The molecule has 0 aromatic heterocycles. The Bertz CT molecular complexity index is 1060. The molecule has 0 aliphatic rings. The van der Waals surface area contributed by atoms with Crippen LogP contribution in [0.4, 0.5) is 17.1 Å². The number of carbonyl (C=O) groups excluding carboxylic acids is 1. The molecule has 3 aromatic carbocycles. The van der Waals surface area contributed by atoms with Crippen LogP contribution < -0.4 is 20.7 Å². The van der Waals surface area contributed by atoms with Gasteiger partial charge in [-0.25, -0.2) is 0 Å². The number of hydrogen-bond acceptors (Lipinski definition) is 4. The maximum Gasteiger partial charge on any atom is 0.237 e. The maximum atomic E-state index is 12.5. The number of benzene rings is 3. The molecule has 0 aliphatic heterocycles. The number of rotatable bonds is 7. The van der Waals surface area contributed by atoms with E-state index in [0.29, 0.717) is 10.9 Å². The third-order valence-corrected chi connectivity index (χ3v) is 6.07. The Morgan fingerprint density at radius 2 is 1.71 bits per heavy atom. The lowest BCUT2D eigenvalue weighted by Crippen LogP contribution is -2.22. The fourth-order valence-corrected chi connectivity index (χ4v) is 4.13. The summed E-state index contributed by atoms with van der Waals surface area (Å²) in [5.41, 5.74) is 2.38. The first kappa shape index (κ1) is 23.1. The molecule has 0 bridgehead atoms. The highest BCUT2D eigenvalue weighted by Gasteiger charge is 2.15. The molecule has 0 saturated carbocycles. The summed E-state index contributed by atoms with van der Waals surface area (Å²) in [6, 6.07) is 22.9. The lowest BCUT2D eigenvalue weighted by Gasteiger charge is -2.15. The number of thiocarbonyl (C=S) groups is 1. The predicted octanol–water partition coefficient (Wildman–Crippen LogP) is 6.39. The van der Waals surface area contributed by atoms with E-state index in [0.717, 1.165) is 26.4 Å². The molecular formula is C23H22BrN3O2S2. The second kappa shape index (κ2) is 11.2. The molecule has 1 amide bonds. The number of halogens is 1. The zero-order valence-corrected chi connectivity index (χ0v) is 20.2. The first-order valence-corrected chi connectivity index (χ1v) is 11.6. The van der Waals surface area contributed by atoms with Crippen LogP contribution in [0.3, 0.4) is 0 Å². The fraction of sp³-hybridized carbons (Fsp3) is 0.130. The summed E-state index contributed by atoms with van der Waals surface area (Å²) >= 11 is 10.3. The molecule has 0 aliphatic carbocycles. The highest BCUT2D eigenvalue weighted by atomic mass is 79.9. The van der Waals surface area contributed by atoms with E-state index >= 15 is 0 Å². The quantitative estimate of drug-likeness (QED) is 0.250. The van der Waals surface area contributed by atoms with Gasteiger partial charge >= 0.3 is 0 Å². The highest BCUT2D eigenvalue weighted by molar-refractivity contribution is 9.10. The Morgan fingerprint density at radius 3 is 2.45 bits per heavy atom. The third kappa shape index (κ3) is 6.99. The molecule has 0 heterocycles. The van der Waals surface area contributed by atoms with Gasteiger partial charge in [0.05, 0.1) is 18.0 Å². The van der Waals surface area contributed by atoms with Gasteiger partial charge in [0, 0.05) is 20.7 Å². The van der Waals surface area contributed by atoms with Crippen molar-refractivity contribution in [1.82, 2.24) is 0 Å². The van der Waals surface area contributed by atoms with Gasteiger partial charge in [0.2, 0.25) is 5.91 Å². The predicted molar refractivity (Wildman–Crippen MR) is 137 cm³/mol. The van der Waals surface area contributed by atoms with Gasteiger partial charge < -0.3 is 20.7 Å². The monoisotopic (exact) mass is 515 g/mol. The number of thioether (sulfide) groups is 1. The van der Waals surface area contributed by atoms with E-state index in [1.54, 1.807) is 7.11 Å². The van der Waals surface area contributed by atoms with Crippen LogP contribution in [0.1, 0.15) is 6.92 Å². The smallest absolute Gasteiger partial charge is 0.237 e. The first-order valence-electron chi connectivity index (χ1n) is 9.49. The molecule has 31 heavy (non-hydrogen) atoms. The normalized spacial score (nSPS) is 11.3. The Hall–Kier alpha value is -2.55. The minimum Gasteiger partial charge on any atom is -0.495 e. The average Bonchev–Trinajstić information content (AvgIpc) is 2.76. The number of ether oxygens (including phenoxy) is 1. The van der Waals surface area contributed by atoms with Crippen molar-refractivity contribution < 1.29 is 9.53 Å². The van der Waals surface area contributed by atoms with Crippen LogP contribution >= 0.6 is 39.9 Å².